The van der Waals surface area contributed by atoms with Gasteiger partial charge in [-0.25, -0.2) is 0 Å². The van der Waals surface area contributed by atoms with Crippen LogP contribution in [0.3, 0.4) is 0 Å². The molecule has 3 rings (SSSR count). The van der Waals surface area contributed by atoms with Crippen molar-refractivity contribution in [3.8, 4) is 11.1 Å². The largest absolute Gasteiger partial charge is 0.416 e. The van der Waals surface area contributed by atoms with Crippen LogP contribution in [0.25, 0.3) is 11.1 Å². The molecule has 0 unspecified atom stereocenters. The zero-order chi connectivity index (χ0) is 23.7. The molecule has 0 atom stereocenters. The van der Waals surface area contributed by atoms with E-state index in [1.807, 2.05) is 31.2 Å². The van der Waals surface area contributed by atoms with E-state index in [1.54, 1.807) is 6.07 Å². The van der Waals surface area contributed by atoms with Gasteiger partial charge >= 0.3 is 12.4 Å². The molecule has 176 valence electrons. The van der Waals surface area contributed by atoms with E-state index in [1.165, 1.54) is 24.3 Å². The Morgan fingerprint density at radius 2 is 1.45 bits per heavy atom. The first kappa shape index (κ1) is 26.2. The minimum absolute atomic E-state index is 0. The summed E-state index contributed by atoms with van der Waals surface area (Å²) in [4.78, 5) is 18.0. The molecule has 3 nitrogen and oxygen atoms in total. The lowest BCUT2D eigenvalue weighted by atomic mass is 10.0. The monoisotopic (exact) mass is 488 g/mol. The molecule has 0 N–H and O–H groups in total. The van der Waals surface area contributed by atoms with Gasteiger partial charge < -0.3 is 4.90 Å². The van der Waals surface area contributed by atoms with Gasteiger partial charge in [0.2, 0.25) is 5.91 Å². The molecule has 1 aromatic heterocycles. The second-order valence-corrected chi connectivity index (χ2v) is 7.30. The lowest BCUT2D eigenvalue weighted by Gasteiger charge is -2.21. The summed E-state index contributed by atoms with van der Waals surface area (Å²) in [6.07, 6.45) is -7.66. The fourth-order valence-corrected chi connectivity index (χ4v) is 3.18. The zero-order valence-corrected chi connectivity index (χ0v) is 18.3. The first-order chi connectivity index (χ1) is 14.9. The van der Waals surface area contributed by atoms with Gasteiger partial charge in [-0.3, -0.25) is 9.78 Å². The Labute approximate surface area is 192 Å². The van der Waals surface area contributed by atoms with E-state index in [0.29, 0.717) is 23.4 Å². The number of halogens is 7. The number of likely N-dealkylation sites (N-methyl/N-ethyl adjacent to an activating group) is 1. The average molecular weight is 489 g/mol. The van der Waals surface area contributed by atoms with E-state index in [2.05, 4.69) is 4.98 Å². The Morgan fingerprint density at radius 3 is 1.97 bits per heavy atom. The van der Waals surface area contributed by atoms with Crippen LogP contribution in [0.4, 0.5) is 32.0 Å². The standard InChI is InChI=1S/C23H18F6N2O.ClH/c1-14-3-5-16(6-4-14)19-7-8-30-13-20(19)31(2)21(32)11-15-9-17(22(24,25)26)12-18(10-15)23(27,28)29;/h3-10,12-13H,11H2,1-2H3;1H. The van der Waals surface area contributed by atoms with E-state index in [-0.39, 0.29) is 24.0 Å². The third-order valence-corrected chi connectivity index (χ3v) is 4.90. The van der Waals surface area contributed by atoms with Crippen molar-refractivity contribution in [2.24, 2.45) is 0 Å². The summed E-state index contributed by atoms with van der Waals surface area (Å²) in [6, 6.07) is 10.3. The molecule has 0 bridgehead atoms. The maximum Gasteiger partial charge on any atom is 0.416 e. The first-order valence-corrected chi connectivity index (χ1v) is 9.42. The molecule has 3 aromatic rings. The van der Waals surface area contributed by atoms with Crippen molar-refractivity contribution in [2.75, 3.05) is 11.9 Å². The zero-order valence-electron chi connectivity index (χ0n) is 17.5. The predicted octanol–water partition coefficient (Wildman–Crippen LogP) is 6.72. The number of nitrogens with zero attached hydrogens (tertiary/aromatic N) is 2. The van der Waals surface area contributed by atoms with E-state index < -0.39 is 35.8 Å². The maximum absolute atomic E-state index is 13.1. The van der Waals surface area contributed by atoms with Gasteiger partial charge in [-0.2, -0.15) is 26.3 Å². The summed E-state index contributed by atoms with van der Waals surface area (Å²) in [5.41, 5.74) is -0.464. The fourth-order valence-electron chi connectivity index (χ4n) is 3.18. The van der Waals surface area contributed by atoms with E-state index >= 15 is 0 Å². The smallest absolute Gasteiger partial charge is 0.313 e. The van der Waals surface area contributed by atoms with Gasteiger partial charge in [0.1, 0.15) is 0 Å². The molecule has 10 heteroatoms. The van der Waals surface area contributed by atoms with Gasteiger partial charge in [-0.05, 0) is 42.3 Å². The van der Waals surface area contributed by atoms with Crippen LogP contribution in [0.2, 0.25) is 0 Å². The molecule has 0 aliphatic carbocycles. The number of aryl methyl sites for hydroxylation is 1. The maximum atomic E-state index is 13.1. The lowest BCUT2D eigenvalue weighted by Crippen LogP contribution is -2.28. The van der Waals surface area contributed by atoms with E-state index in [0.717, 1.165) is 11.1 Å². The quantitative estimate of drug-likeness (QED) is 0.382. The SMILES string of the molecule is Cc1ccc(-c2ccncc2N(C)C(=O)Cc2cc(C(F)(F)F)cc(C(F)(F)F)c2)cc1.Cl. The molecule has 1 heterocycles. The fraction of sp³-hybridized carbons (Fsp3) is 0.217. The molecular formula is C23H19ClF6N2O. The molecule has 0 aliphatic rings. The highest BCUT2D eigenvalue weighted by atomic mass is 35.5. The Kier molecular flexibility index (Phi) is 7.79. The Hall–Kier alpha value is -3.07. The highest BCUT2D eigenvalue weighted by molar-refractivity contribution is 5.98. The summed E-state index contributed by atoms with van der Waals surface area (Å²) < 4.78 is 78.6. The van der Waals surface area contributed by atoms with Crippen molar-refractivity contribution >= 4 is 24.0 Å². The predicted molar refractivity (Wildman–Crippen MR) is 115 cm³/mol. The van der Waals surface area contributed by atoms with Gasteiger partial charge in [-0.1, -0.05) is 29.8 Å². The minimum Gasteiger partial charge on any atom is -0.313 e. The summed E-state index contributed by atoms with van der Waals surface area (Å²) >= 11 is 0. The molecule has 0 radical (unpaired) electrons. The van der Waals surface area contributed by atoms with Gasteiger partial charge in [0, 0.05) is 18.8 Å². The lowest BCUT2D eigenvalue weighted by molar-refractivity contribution is -0.143. The summed E-state index contributed by atoms with van der Waals surface area (Å²) in [7, 11) is 1.40. The van der Waals surface area contributed by atoms with Crippen LogP contribution in [0, 0.1) is 6.92 Å². The van der Waals surface area contributed by atoms with Crippen LogP contribution in [0.15, 0.2) is 60.9 Å². The van der Waals surface area contributed by atoms with Gasteiger partial charge in [0.15, 0.2) is 0 Å². The Balaban J connectivity index is 0.00000385. The molecule has 0 saturated heterocycles. The van der Waals surface area contributed by atoms with Crippen molar-refractivity contribution in [1.29, 1.82) is 0 Å². The second-order valence-electron chi connectivity index (χ2n) is 7.30. The van der Waals surface area contributed by atoms with Crippen LogP contribution < -0.4 is 4.90 Å². The van der Waals surface area contributed by atoms with E-state index in [4.69, 9.17) is 0 Å². The Morgan fingerprint density at radius 1 is 0.909 bits per heavy atom. The van der Waals surface area contributed by atoms with Crippen LogP contribution in [-0.2, 0) is 23.6 Å². The highest BCUT2D eigenvalue weighted by Crippen LogP contribution is 2.37. The normalized spacial score (nSPS) is 11.6. The summed E-state index contributed by atoms with van der Waals surface area (Å²) in [5.74, 6) is -0.682. The van der Waals surface area contributed by atoms with Crippen LogP contribution >= 0.6 is 12.4 Å². The number of pyridine rings is 1. The van der Waals surface area contributed by atoms with Crippen LogP contribution in [0.5, 0.6) is 0 Å². The number of hydrogen-bond acceptors (Lipinski definition) is 2. The summed E-state index contributed by atoms with van der Waals surface area (Å²) in [6.45, 7) is 1.91. The molecule has 2 aromatic carbocycles. The molecule has 0 aliphatic heterocycles. The van der Waals surface area contributed by atoms with Gasteiger partial charge in [-0.15, -0.1) is 12.4 Å². The number of hydrogen-bond donors (Lipinski definition) is 0. The molecule has 0 saturated carbocycles. The van der Waals surface area contributed by atoms with Crippen molar-refractivity contribution < 1.29 is 31.1 Å². The molecule has 1 amide bonds. The average Bonchev–Trinajstić information content (AvgIpc) is 2.72. The van der Waals surface area contributed by atoms with Crippen molar-refractivity contribution in [3.63, 3.8) is 0 Å². The number of carbonyl (C=O) groups excluding carboxylic acids is 1. The van der Waals surface area contributed by atoms with Gasteiger partial charge in [0.05, 0.1) is 29.4 Å². The van der Waals surface area contributed by atoms with E-state index in [9.17, 15) is 31.1 Å². The Bertz CT molecular complexity index is 1090. The number of alkyl halides is 6. The second kappa shape index (κ2) is 9.82. The van der Waals surface area contributed by atoms with Crippen LogP contribution in [0.1, 0.15) is 22.3 Å². The summed E-state index contributed by atoms with van der Waals surface area (Å²) in [5, 5.41) is 0. The first-order valence-electron chi connectivity index (χ1n) is 9.42. The number of rotatable bonds is 4. The van der Waals surface area contributed by atoms with Crippen molar-refractivity contribution in [1.82, 2.24) is 4.98 Å². The molecular weight excluding hydrogens is 470 g/mol. The molecule has 0 fully saturated rings. The number of anilines is 1. The number of carbonyl (C=O) groups is 1. The third-order valence-electron chi connectivity index (χ3n) is 4.90. The topological polar surface area (TPSA) is 33.2 Å². The van der Waals surface area contributed by atoms with Crippen molar-refractivity contribution in [3.05, 3.63) is 83.2 Å². The minimum atomic E-state index is -4.98. The number of aromatic nitrogens is 1. The highest BCUT2D eigenvalue weighted by Gasteiger charge is 2.37. The third kappa shape index (κ3) is 6.25. The van der Waals surface area contributed by atoms with Gasteiger partial charge in [0.25, 0.3) is 0 Å². The number of amides is 1. The molecule has 0 spiro atoms. The number of benzene rings is 2. The van der Waals surface area contributed by atoms with Crippen molar-refractivity contribution in [2.45, 2.75) is 25.7 Å². The van der Waals surface area contributed by atoms with Crippen LogP contribution in [-0.4, -0.2) is 17.9 Å². The molecule has 33 heavy (non-hydrogen) atoms.